The van der Waals surface area contributed by atoms with Crippen molar-refractivity contribution < 1.29 is 11.3 Å². The van der Waals surface area contributed by atoms with Crippen LogP contribution in [0.15, 0.2) is 25.0 Å². The van der Waals surface area contributed by atoms with Gasteiger partial charge in [0.25, 0.3) is 0 Å². The second kappa shape index (κ2) is 6.35. The molecule has 0 radical (unpaired) electrons. The average molecular weight is 380 g/mol. The highest BCUT2D eigenvalue weighted by molar-refractivity contribution is 7.90. The molecule has 0 saturated heterocycles. The maximum Gasteiger partial charge on any atom is 0.214 e. The number of aromatic nitrogens is 3. The summed E-state index contributed by atoms with van der Waals surface area (Å²) in [4.78, 5) is 7.31. The Hall–Kier alpha value is -1.93. The molecule has 0 unspecified atom stereocenters. The number of rotatable bonds is 6. The van der Waals surface area contributed by atoms with Crippen molar-refractivity contribution in [3.8, 4) is 0 Å². The van der Waals surface area contributed by atoms with Gasteiger partial charge in [0, 0.05) is 26.7 Å². The zero-order valence-electron chi connectivity index (χ0n) is 14.9. The third-order valence-electron chi connectivity index (χ3n) is 5.73. The van der Waals surface area contributed by atoms with Gasteiger partial charge in [0.05, 0.1) is 17.0 Å². The van der Waals surface area contributed by atoms with Gasteiger partial charge in [0.15, 0.2) is 5.65 Å². The fourth-order valence-electron chi connectivity index (χ4n) is 4.21. The van der Waals surface area contributed by atoms with E-state index in [0.717, 1.165) is 49.0 Å². The Morgan fingerprint density at radius 3 is 2.96 bits per heavy atom. The Labute approximate surface area is 156 Å². The van der Waals surface area contributed by atoms with Crippen molar-refractivity contribution in [2.24, 2.45) is 11.8 Å². The number of fused-ring (bicyclic) bond motifs is 1. The summed E-state index contributed by atoms with van der Waals surface area (Å²) in [5.41, 5.74) is 2.69. The van der Waals surface area contributed by atoms with E-state index in [1.54, 1.807) is 6.20 Å². The minimum Gasteiger partial charge on any atom is -0.345 e. The summed E-state index contributed by atoms with van der Waals surface area (Å²) in [5, 5.41) is 8.09. The fourth-order valence-corrected chi connectivity index (χ4v) is 5.82. The number of allylic oxidation sites excluding steroid dienone is 1. The molecule has 3 atom stereocenters. The third-order valence-corrected chi connectivity index (χ3v) is 7.74. The first-order valence-electron chi connectivity index (χ1n) is 9.20. The Morgan fingerprint density at radius 2 is 2.27 bits per heavy atom. The van der Waals surface area contributed by atoms with E-state index < -0.39 is 10.0 Å². The number of nitrogens with one attached hydrogen (secondary N) is 3. The molecule has 0 aromatic carbocycles. The second-order valence-electron chi connectivity index (χ2n) is 7.49. The van der Waals surface area contributed by atoms with Gasteiger partial charge >= 0.3 is 0 Å². The minimum absolute atomic E-state index is 0. The van der Waals surface area contributed by atoms with Crippen LogP contribution in [0.4, 0.5) is 0 Å². The van der Waals surface area contributed by atoms with E-state index in [9.17, 15) is 8.42 Å². The van der Waals surface area contributed by atoms with Crippen LogP contribution in [0.2, 0.25) is 0 Å². The van der Waals surface area contributed by atoms with Gasteiger partial charge < -0.3 is 4.98 Å². The quantitative estimate of drug-likeness (QED) is 0.719. The van der Waals surface area contributed by atoms with Crippen LogP contribution in [0.5, 0.6) is 0 Å². The zero-order valence-corrected chi connectivity index (χ0v) is 15.7. The normalized spacial score (nSPS) is 26.4. The lowest BCUT2D eigenvalue weighted by Gasteiger charge is -2.23. The van der Waals surface area contributed by atoms with Gasteiger partial charge in [0.1, 0.15) is 5.49 Å². The first-order valence-corrected chi connectivity index (χ1v) is 10.8. The Balaban J connectivity index is 0.00000140. The maximum atomic E-state index is 12.3. The fraction of sp³-hybridized carbons (Fsp3) is 0.556. The van der Waals surface area contributed by atoms with Crippen LogP contribution in [-0.2, 0) is 10.0 Å². The van der Waals surface area contributed by atoms with Crippen LogP contribution >= 0.6 is 0 Å². The van der Waals surface area contributed by atoms with E-state index in [2.05, 4.69) is 28.2 Å². The van der Waals surface area contributed by atoms with E-state index >= 15 is 0 Å². The van der Waals surface area contributed by atoms with Crippen molar-refractivity contribution in [2.45, 2.75) is 50.3 Å². The molecule has 2 saturated carbocycles. The van der Waals surface area contributed by atoms with Crippen molar-refractivity contribution in [3.63, 3.8) is 0 Å². The van der Waals surface area contributed by atoms with Crippen LogP contribution in [0.25, 0.3) is 16.9 Å². The highest BCUT2D eigenvalue weighted by Gasteiger charge is 2.41. The SMILES string of the molecule is C=C([C@H]1C[C@H](NS(=O)(=O)C2CC2)C[C@H]1CC)n1c(=N)cnc2[nH]ccc21.[HH].[HH]. The molecule has 2 aromatic heterocycles. The second-order valence-corrected chi connectivity index (χ2v) is 9.48. The standard InChI is InChI=1S/C18H25N5O2S.2H2/c1-3-12-8-13(22-26(24,25)14-4-5-14)9-15(12)11(2)23-16-6-7-20-18(16)21-10-17(23)19;;/h6-7,10,12-15,19-20,22H,2-5,8-9H2,1H3;2*1H/t12-,13-,15-;;/m1../s1. The Kier molecular flexibility index (Phi) is 4.27. The topological polar surface area (TPSA) is 104 Å². The molecular weight excluding hydrogens is 350 g/mol. The first kappa shape index (κ1) is 17.5. The molecule has 0 bridgehead atoms. The van der Waals surface area contributed by atoms with Crippen molar-refractivity contribution in [2.75, 3.05) is 0 Å². The summed E-state index contributed by atoms with van der Waals surface area (Å²) in [6.07, 6.45) is 7.38. The van der Waals surface area contributed by atoms with Gasteiger partial charge in [0.2, 0.25) is 10.0 Å². The number of nitrogens with zero attached hydrogens (tertiary/aromatic N) is 2. The summed E-state index contributed by atoms with van der Waals surface area (Å²) < 4.78 is 29.4. The molecule has 2 aliphatic carbocycles. The van der Waals surface area contributed by atoms with Crippen LogP contribution in [0.3, 0.4) is 0 Å². The van der Waals surface area contributed by atoms with Crippen molar-refractivity contribution in [1.29, 1.82) is 5.41 Å². The summed E-state index contributed by atoms with van der Waals surface area (Å²) in [7, 11) is -3.19. The molecule has 144 valence electrons. The number of aromatic amines is 1. The molecule has 4 rings (SSSR count). The van der Waals surface area contributed by atoms with Crippen LogP contribution < -0.4 is 10.2 Å². The van der Waals surface area contributed by atoms with Gasteiger partial charge in [-0.05, 0) is 37.7 Å². The molecule has 26 heavy (non-hydrogen) atoms. The van der Waals surface area contributed by atoms with Gasteiger partial charge in [-0.1, -0.05) is 19.9 Å². The molecule has 2 aromatic rings. The molecule has 2 fully saturated rings. The van der Waals surface area contributed by atoms with Crippen molar-refractivity contribution >= 4 is 26.9 Å². The van der Waals surface area contributed by atoms with E-state index in [1.807, 2.05) is 10.6 Å². The van der Waals surface area contributed by atoms with Crippen molar-refractivity contribution in [3.05, 3.63) is 30.5 Å². The molecule has 8 heteroatoms. The first-order chi connectivity index (χ1) is 12.4. The number of hydrogen-bond donors (Lipinski definition) is 3. The molecule has 7 nitrogen and oxygen atoms in total. The Morgan fingerprint density at radius 1 is 1.50 bits per heavy atom. The number of sulfonamides is 1. The minimum atomic E-state index is -3.19. The molecular formula is C18H29N5O2S. The smallest absolute Gasteiger partial charge is 0.214 e. The molecule has 0 spiro atoms. The van der Waals surface area contributed by atoms with E-state index in [4.69, 9.17) is 5.41 Å². The predicted octanol–water partition coefficient (Wildman–Crippen LogP) is 2.69. The van der Waals surface area contributed by atoms with E-state index in [-0.39, 0.29) is 20.1 Å². The highest BCUT2D eigenvalue weighted by atomic mass is 32.2. The van der Waals surface area contributed by atoms with Gasteiger partial charge in [-0.25, -0.2) is 18.1 Å². The molecule has 3 N–H and O–H groups in total. The zero-order chi connectivity index (χ0) is 18.5. The average Bonchev–Trinajstić information content (AvgIpc) is 3.24. The number of hydrogen-bond acceptors (Lipinski definition) is 4. The predicted molar refractivity (Wildman–Crippen MR) is 105 cm³/mol. The molecule has 0 aliphatic heterocycles. The van der Waals surface area contributed by atoms with Crippen LogP contribution in [-0.4, -0.2) is 34.2 Å². The largest absolute Gasteiger partial charge is 0.345 e. The molecule has 2 aliphatic rings. The third kappa shape index (κ3) is 3.01. The maximum absolute atomic E-state index is 12.3. The monoisotopic (exact) mass is 379 g/mol. The Bertz CT molecular complexity index is 1010. The van der Waals surface area contributed by atoms with E-state index in [0.29, 0.717) is 11.4 Å². The van der Waals surface area contributed by atoms with Crippen LogP contribution in [0, 0.1) is 17.2 Å². The summed E-state index contributed by atoms with van der Waals surface area (Å²) in [6.45, 7) is 6.43. The van der Waals surface area contributed by atoms with Gasteiger partial charge in [-0.15, -0.1) is 0 Å². The lowest BCUT2D eigenvalue weighted by Crippen LogP contribution is -2.35. The lowest BCUT2D eigenvalue weighted by atomic mass is 9.91. The summed E-state index contributed by atoms with van der Waals surface area (Å²) >= 11 is 0. The van der Waals surface area contributed by atoms with E-state index in [1.165, 1.54) is 6.20 Å². The summed E-state index contributed by atoms with van der Waals surface area (Å²) in [5.74, 6) is 0.491. The van der Waals surface area contributed by atoms with Crippen molar-refractivity contribution in [1.82, 2.24) is 19.3 Å². The highest BCUT2D eigenvalue weighted by Crippen LogP contribution is 2.41. The van der Waals surface area contributed by atoms with Gasteiger partial charge in [-0.2, -0.15) is 0 Å². The molecule has 2 heterocycles. The van der Waals surface area contributed by atoms with Gasteiger partial charge in [-0.3, -0.25) is 9.98 Å². The summed E-state index contributed by atoms with van der Waals surface area (Å²) in [6, 6.07) is 1.85. The molecule has 0 amide bonds. The number of H-pyrrole nitrogens is 1. The van der Waals surface area contributed by atoms with Crippen LogP contribution in [0.1, 0.15) is 41.9 Å². The lowest BCUT2D eigenvalue weighted by molar-refractivity contribution is 0.442.